The van der Waals surface area contributed by atoms with Crippen LogP contribution in [0, 0.1) is 0 Å². The maximum absolute atomic E-state index is 11.3. The number of carbonyl (C=O) groups excluding carboxylic acids is 1. The van der Waals surface area contributed by atoms with Gasteiger partial charge in [-0.05, 0) is 55.5 Å². The molecule has 0 saturated heterocycles. The fourth-order valence-corrected chi connectivity index (χ4v) is 1.90. The van der Waals surface area contributed by atoms with Gasteiger partial charge in [0.1, 0.15) is 17.2 Å². The summed E-state index contributed by atoms with van der Waals surface area (Å²) in [6, 6.07) is 14.7. The molecule has 1 N–H and O–H groups in total. The third kappa shape index (κ3) is 4.93. The average Bonchev–Trinajstić information content (AvgIpc) is 2.51. The standard InChI is InChI=1S/C16H16INO3/c1-2-20-13-7-9-15(10-8-13)21-14-5-3-12(4-6-14)18-16(19)11-17/h3-10H,2,11H2,1H3,(H,18,19). The molecule has 0 bridgehead atoms. The van der Waals surface area contributed by atoms with Crippen molar-refractivity contribution in [1.29, 1.82) is 0 Å². The number of nitrogens with one attached hydrogen (secondary N) is 1. The summed E-state index contributed by atoms with van der Waals surface area (Å²) in [6.07, 6.45) is 0. The van der Waals surface area contributed by atoms with E-state index in [9.17, 15) is 4.79 Å². The number of hydrogen-bond acceptors (Lipinski definition) is 3. The van der Waals surface area contributed by atoms with Crippen LogP contribution in [0.5, 0.6) is 17.2 Å². The first-order valence-electron chi connectivity index (χ1n) is 6.58. The monoisotopic (exact) mass is 397 g/mol. The highest BCUT2D eigenvalue weighted by molar-refractivity contribution is 14.1. The second-order valence-corrected chi connectivity index (χ2v) is 4.98. The molecule has 0 spiro atoms. The molecule has 1 amide bonds. The molecule has 0 aliphatic heterocycles. The molecule has 2 aromatic carbocycles. The van der Waals surface area contributed by atoms with Gasteiger partial charge in [0.25, 0.3) is 0 Å². The molecule has 110 valence electrons. The van der Waals surface area contributed by atoms with Crippen LogP contribution in [0.3, 0.4) is 0 Å². The van der Waals surface area contributed by atoms with Crippen LogP contribution in [0.4, 0.5) is 5.69 Å². The van der Waals surface area contributed by atoms with Gasteiger partial charge in [-0.3, -0.25) is 4.79 Å². The van der Waals surface area contributed by atoms with E-state index in [0.29, 0.717) is 16.8 Å². The van der Waals surface area contributed by atoms with Gasteiger partial charge in [-0.2, -0.15) is 0 Å². The molecule has 0 aromatic heterocycles. The second-order valence-electron chi connectivity index (χ2n) is 4.21. The SMILES string of the molecule is CCOc1ccc(Oc2ccc(NC(=O)CI)cc2)cc1. The zero-order chi connectivity index (χ0) is 15.1. The molecule has 0 radical (unpaired) electrons. The van der Waals surface area contributed by atoms with Gasteiger partial charge in [0.05, 0.1) is 11.0 Å². The van der Waals surface area contributed by atoms with E-state index in [2.05, 4.69) is 5.32 Å². The molecule has 0 heterocycles. The Kier molecular flexibility index (Phi) is 5.86. The lowest BCUT2D eigenvalue weighted by Gasteiger charge is -2.08. The van der Waals surface area contributed by atoms with Gasteiger partial charge in [-0.25, -0.2) is 0 Å². The summed E-state index contributed by atoms with van der Waals surface area (Å²) in [7, 11) is 0. The van der Waals surface area contributed by atoms with Crippen LogP contribution in [0.2, 0.25) is 0 Å². The summed E-state index contributed by atoms with van der Waals surface area (Å²) >= 11 is 2.02. The highest BCUT2D eigenvalue weighted by Gasteiger charge is 2.01. The number of carbonyl (C=O) groups is 1. The van der Waals surface area contributed by atoms with E-state index in [0.717, 1.165) is 17.2 Å². The molecule has 0 unspecified atom stereocenters. The summed E-state index contributed by atoms with van der Waals surface area (Å²) in [5, 5.41) is 2.79. The topological polar surface area (TPSA) is 47.6 Å². The molecule has 0 aliphatic rings. The van der Waals surface area contributed by atoms with Crippen molar-refractivity contribution in [3.05, 3.63) is 48.5 Å². The molecule has 21 heavy (non-hydrogen) atoms. The van der Waals surface area contributed by atoms with Crippen molar-refractivity contribution in [2.45, 2.75) is 6.92 Å². The first kappa shape index (κ1) is 15.6. The van der Waals surface area contributed by atoms with E-state index in [4.69, 9.17) is 9.47 Å². The zero-order valence-corrected chi connectivity index (χ0v) is 13.8. The van der Waals surface area contributed by atoms with E-state index in [1.807, 2.05) is 78.0 Å². The number of hydrogen-bond donors (Lipinski definition) is 1. The van der Waals surface area contributed by atoms with Crippen molar-refractivity contribution in [1.82, 2.24) is 0 Å². The highest BCUT2D eigenvalue weighted by atomic mass is 127. The van der Waals surface area contributed by atoms with E-state index in [1.54, 1.807) is 0 Å². The summed E-state index contributed by atoms with van der Waals surface area (Å²) in [5.41, 5.74) is 0.760. The molecule has 0 aliphatic carbocycles. The van der Waals surface area contributed by atoms with Crippen molar-refractivity contribution >= 4 is 34.2 Å². The lowest BCUT2D eigenvalue weighted by molar-refractivity contribution is -0.113. The quantitative estimate of drug-likeness (QED) is 0.586. The largest absolute Gasteiger partial charge is 0.494 e. The maximum atomic E-state index is 11.3. The summed E-state index contributed by atoms with van der Waals surface area (Å²) in [6.45, 7) is 2.59. The molecular formula is C16H16INO3. The van der Waals surface area contributed by atoms with E-state index in [-0.39, 0.29) is 5.91 Å². The fraction of sp³-hybridized carbons (Fsp3) is 0.188. The third-order valence-corrected chi connectivity index (χ3v) is 3.32. The Labute approximate surface area is 137 Å². The van der Waals surface area contributed by atoms with Gasteiger partial charge in [-0.15, -0.1) is 0 Å². The molecule has 2 rings (SSSR count). The number of alkyl halides is 1. The molecular weight excluding hydrogens is 381 g/mol. The minimum Gasteiger partial charge on any atom is -0.494 e. The van der Waals surface area contributed by atoms with Crippen molar-refractivity contribution in [2.75, 3.05) is 16.4 Å². The lowest BCUT2D eigenvalue weighted by Crippen LogP contribution is -2.11. The Morgan fingerprint density at radius 1 is 1.00 bits per heavy atom. The van der Waals surface area contributed by atoms with Gasteiger partial charge in [0.2, 0.25) is 5.91 Å². The number of benzene rings is 2. The third-order valence-electron chi connectivity index (χ3n) is 2.63. The highest BCUT2D eigenvalue weighted by Crippen LogP contribution is 2.25. The Morgan fingerprint density at radius 2 is 1.52 bits per heavy atom. The fourth-order valence-electron chi connectivity index (χ4n) is 1.71. The van der Waals surface area contributed by atoms with E-state index in [1.165, 1.54) is 0 Å². The Hall–Kier alpha value is -1.76. The van der Waals surface area contributed by atoms with Crippen molar-refractivity contribution < 1.29 is 14.3 Å². The number of halogens is 1. The van der Waals surface area contributed by atoms with Crippen LogP contribution in [-0.4, -0.2) is 16.9 Å². The lowest BCUT2D eigenvalue weighted by atomic mass is 10.3. The Bertz CT molecular complexity index is 581. The Morgan fingerprint density at radius 3 is 2.05 bits per heavy atom. The normalized spacial score (nSPS) is 10.0. The maximum Gasteiger partial charge on any atom is 0.234 e. The molecule has 4 nitrogen and oxygen atoms in total. The van der Waals surface area contributed by atoms with Gasteiger partial charge >= 0.3 is 0 Å². The van der Waals surface area contributed by atoms with E-state index >= 15 is 0 Å². The average molecular weight is 397 g/mol. The number of rotatable bonds is 6. The predicted molar refractivity (Wildman–Crippen MR) is 91.6 cm³/mol. The minimum atomic E-state index is -0.0178. The van der Waals surface area contributed by atoms with Crippen LogP contribution < -0.4 is 14.8 Å². The van der Waals surface area contributed by atoms with Crippen molar-refractivity contribution in [3.8, 4) is 17.2 Å². The van der Waals surface area contributed by atoms with Gasteiger partial charge in [0, 0.05) is 5.69 Å². The number of anilines is 1. The van der Waals surface area contributed by atoms with Crippen LogP contribution in [0.25, 0.3) is 0 Å². The molecule has 5 heteroatoms. The smallest absolute Gasteiger partial charge is 0.234 e. The van der Waals surface area contributed by atoms with E-state index < -0.39 is 0 Å². The van der Waals surface area contributed by atoms with Gasteiger partial charge in [0.15, 0.2) is 0 Å². The number of ether oxygens (including phenoxy) is 2. The van der Waals surface area contributed by atoms with Crippen LogP contribution in [0.15, 0.2) is 48.5 Å². The summed E-state index contributed by atoms with van der Waals surface area (Å²) in [5.74, 6) is 2.26. The zero-order valence-electron chi connectivity index (χ0n) is 11.6. The summed E-state index contributed by atoms with van der Waals surface area (Å²) < 4.78 is 11.5. The molecule has 0 atom stereocenters. The predicted octanol–water partition coefficient (Wildman–Crippen LogP) is 4.25. The molecule has 2 aromatic rings. The van der Waals surface area contributed by atoms with Crippen molar-refractivity contribution in [2.24, 2.45) is 0 Å². The van der Waals surface area contributed by atoms with Crippen LogP contribution in [-0.2, 0) is 4.79 Å². The molecule has 0 fully saturated rings. The summed E-state index contributed by atoms with van der Waals surface area (Å²) in [4.78, 5) is 11.3. The minimum absolute atomic E-state index is 0.0178. The van der Waals surface area contributed by atoms with Gasteiger partial charge < -0.3 is 14.8 Å². The molecule has 0 saturated carbocycles. The van der Waals surface area contributed by atoms with Gasteiger partial charge in [-0.1, -0.05) is 22.6 Å². The van der Waals surface area contributed by atoms with Crippen LogP contribution in [0.1, 0.15) is 6.92 Å². The first-order chi connectivity index (χ1) is 10.2. The second kappa shape index (κ2) is 7.87. The Balaban J connectivity index is 1.97. The first-order valence-corrected chi connectivity index (χ1v) is 8.10. The number of amides is 1. The van der Waals surface area contributed by atoms with Crippen molar-refractivity contribution in [3.63, 3.8) is 0 Å². The van der Waals surface area contributed by atoms with Crippen LogP contribution >= 0.6 is 22.6 Å².